The Balaban J connectivity index is 1.40. The van der Waals surface area contributed by atoms with E-state index in [0.717, 1.165) is 42.7 Å². The molecule has 0 radical (unpaired) electrons. The quantitative estimate of drug-likeness (QED) is 0.456. The van der Waals surface area contributed by atoms with Crippen molar-refractivity contribution in [2.75, 3.05) is 26.2 Å². The summed E-state index contributed by atoms with van der Waals surface area (Å²) in [6.45, 7) is 3.28. The molecule has 0 spiro atoms. The molecule has 2 fully saturated rings. The Labute approximate surface area is 203 Å². The van der Waals surface area contributed by atoms with E-state index in [0.29, 0.717) is 28.6 Å². The minimum atomic E-state index is 0.00337. The van der Waals surface area contributed by atoms with Crippen molar-refractivity contribution < 1.29 is 9.90 Å². The second-order valence-corrected chi connectivity index (χ2v) is 9.24. The molecular weight excluding hydrogens is 438 g/mol. The van der Waals surface area contributed by atoms with Crippen molar-refractivity contribution in [3.05, 3.63) is 77.5 Å². The van der Waals surface area contributed by atoms with E-state index >= 15 is 0 Å². The summed E-state index contributed by atoms with van der Waals surface area (Å²) in [5, 5.41) is 18.0. The van der Waals surface area contributed by atoms with Crippen molar-refractivity contribution in [2.45, 2.75) is 18.9 Å². The number of aromatic hydroxyl groups is 1. The van der Waals surface area contributed by atoms with Crippen LogP contribution in [0.25, 0.3) is 34.4 Å². The van der Waals surface area contributed by atoms with Gasteiger partial charge in [-0.15, -0.1) is 0 Å². The molecule has 2 aliphatic rings. The number of rotatable bonds is 5. The number of phenols is 1. The van der Waals surface area contributed by atoms with Gasteiger partial charge in [-0.25, -0.2) is 4.98 Å². The van der Waals surface area contributed by atoms with Crippen LogP contribution in [0.4, 0.5) is 0 Å². The standard InChI is InChI=1S/C28H27N5O2/c34-22-11-7-20(8-12-22)25-18-23(28(35)33-16-14-32(15-17-33)21-9-10-21)26-24(30-31-27(26)29-25)13-6-19-4-2-1-3-5-19/h1-8,11-13,18,21,34H,9-10,14-17H2,(H,29,30,31). The third-order valence-corrected chi connectivity index (χ3v) is 6.85. The lowest BCUT2D eigenvalue weighted by molar-refractivity contribution is 0.0629. The number of carbonyl (C=O) groups is 1. The molecule has 0 atom stereocenters. The average molecular weight is 466 g/mol. The Kier molecular flexibility index (Phi) is 5.54. The van der Waals surface area contributed by atoms with Crippen LogP contribution in [0.15, 0.2) is 60.7 Å². The number of H-pyrrole nitrogens is 1. The van der Waals surface area contributed by atoms with Gasteiger partial charge in [0.05, 0.1) is 22.3 Å². The van der Waals surface area contributed by atoms with Gasteiger partial charge in [0.2, 0.25) is 0 Å². The summed E-state index contributed by atoms with van der Waals surface area (Å²) in [4.78, 5) is 23.1. The maximum atomic E-state index is 13.8. The number of aromatic nitrogens is 3. The van der Waals surface area contributed by atoms with Crippen molar-refractivity contribution in [3.8, 4) is 17.0 Å². The first-order valence-electron chi connectivity index (χ1n) is 12.1. The van der Waals surface area contributed by atoms with Crippen LogP contribution < -0.4 is 0 Å². The van der Waals surface area contributed by atoms with Gasteiger partial charge in [-0.1, -0.05) is 36.4 Å². The highest BCUT2D eigenvalue weighted by Gasteiger charge is 2.33. The van der Waals surface area contributed by atoms with Gasteiger partial charge < -0.3 is 10.0 Å². The number of amides is 1. The van der Waals surface area contributed by atoms with Crippen LogP contribution in [-0.2, 0) is 0 Å². The lowest BCUT2D eigenvalue weighted by Crippen LogP contribution is -2.49. The van der Waals surface area contributed by atoms with Crippen molar-refractivity contribution in [3.63, 3.8) is 0 Å². The summed E-state index contributed by atoms with van der Waals surface area (Å²) in [7, 11) is 0. The highest BCUT2D eigenvalue weighted by Crippen LogP contribution is 2.31. The molecule has 0 bridgehead atoms. The molecule has 7 heteroatoms. The normalized spacial score (nSPS) is 16.9. The molecule has 2 N–H and O–H groups in total. The van der Waals surface area contributed by atoms with Crippen molar-refractivity contribution in [1.82, 2.24) is 25.0 Å². The second kappa shape index (κ2) is 9.00. The summed E-state index contributed by atoms with van der Waals surface area (Å²) in [5.41, 5.74) is 4.41. The molecule has 1 amide bonds. The highest BCUT2D eigenvalue weighted by atomic mass is 16.3. The molecule has 3 heterocycles. The van der Waals surface area contributed by atoms with Gasteiger partial charge in [0.1, 0.15) is 5.75 Å². The molecule has 1 aliphatic carbocycles. The van der Waals surface area contributed by atoms with Crippen LogP contribution in [0.5, 0.6) is 5.75 Å². The summed E-state index contributed by atoms with van der Waals surface area (Å²) < 4.78 is 0. The van der Waals surface area contributed by atoms with E-state index in [1.807, 2.05) is 53.5 Å². The first-order chi connectivity index (χ1) is 17.2. The van der Waals surface area contributed by atoms with Crippen LogP contribution >= 0.6 is 0 Å². The highest BCUT2D eigenvalue weighted by molar-refractivity contribution is 6.09. The zero-order valence-corrected chi connectivity index (χ0v) is 19.4. The van der Waals surface area contributed by atoms with E-state index in [9.17, 15) is 9.90 Å². The SMILES string of the molecule is O=C(c1cc(-c2ccc(O)cc2)nc2[nH]nc(C=Cc3ccccc3)c12)N1CCN(C2CC2)CC1. The van der Waals surface area contributed by atoms with Crippen LogP contribution in [0, 0.1) is 0 Å². The van der Waals surface area contributed by atoms with Crippen molar-refractivity contribution in [1.29, 1.82) is 0 Å². The average Bonchev–Trinajstić information content (AvgIpc) is 3.68. The number of pyridine rings is 1. The van der Waals surface area contributed by atoms with Gasteiger partial charge in [-0.05, 0) is 54.8 Å². The first kappa shape index (κ1) is 21.6. The third-order valence-electron chi connectivity index (χ3n) is 6.85. The summed E-state index contributed by atoms with van der Waals surface area (Å²) >= 11 is 0. The second-order valence-electron chi connectivity index (χ2n) is 9.24. The van der Waals surface area contributed by atoms with E-state index in [4.69, 9.17) is 4.98 Å². The fraction of sp³-hybridized carbons (Fsp3) is 0.250. The van der Waals surface area contributed by atoms with Gasteiger partial charge in [0.15, 0.2) is 5.65 Å². The fourth-order valence-corrected chi connectivity index (χ4v) is 4.76. The lowest BCUT2D eigenvalue weighted by Gasteiger charge is -2.35. The first-order valence-corrected chi connectivity index (χ1v) is 12.1. The van der Waals surface area contributed by atoms with Crippen LogP contribution in [0.1, 0.15) is 34.5 Å². The number of hydrogen-bond donors (Lipinski definition) is 2. The molecule has 7 nitrogen and oxygen atoms in total. The minimum Gasteiger partial charge on any atom is -0.508 e. The number of nitrogens with one attached hydrogen (secondary N) is 1. The molecule has 6 rings (SSSR count). The van der Waals surface area contributed by atoms with Gasteiger partial charge >= 0.3 is 0 Å². The Morgan fingerprint density at radius 3 is 2.43 bits per heavy atom. The molecule has 1 aliphatic heterocycles. The zero-order chi connectivity index (χ0) is 23.8. The zero-order valence-electron chi connectivity index (χ0n) is 19.4. The maximum Gasteiger partial charge on any atom is 0.254 e. The summed E-state index contributed by atoms with van der Waals surface area (Å²) in [6, 6.07) is 19.4. The van der Waals surface area contributed by atoms with Crippen molar-refractivity contribution >= 4 is 29.1 Å². The molecular formula is C28H27N5O2. The number of phenolic OH excluding ortho intramolecular Hbond substituents is 1. The van der Waals surface area contributed by atoms with E-state index in [1.165, 1.54) is 12.8 Å². The number of aromatic amines is 1. The van der Waals surface area contributed by atoms with Crippen molar-refractivity contribution in [2.24, 2.45) is 0 Å². The lowest BCUT2D eigenvalue weighted by atomic mass is 10.0. The number of piperazine rings is 1. The Morgan fingerprint density at radius 1 is 0.971 bits per heavy atom. The topological polar surface area (TPSA) is 85.3 Å². The predicted molar refractivity (Wildman–Crippen MR) is 137 cm³/mol. The predicted octanol–water partition coefficient (Wildman–Crippen LogP) is 4.42. The number of hydrogen-bond acceptors (Lipinski definition) is 5. The minimum absolute atomic E-state index is 0.00337. The van der Waals surface area contributed by atoms with Gasteiger partial charge in [0.25, 0.3) is 5.91 Å². The maximum absolute atomic E-state index is 13.8. The number of nitrogens with zero attached hydrogens (tertiary/aromatic N) is 4. The molecule has 2 aromatic carbocycles. The molecule has 2 aromatic heterocycles. The molecule has 0 unspecified atom stereocenters. The summed E-state index contributed by atoms with van der Waals surface area (Å²) in [5.74, 6) is 0.193. The number of fused-ring (bicyclic) bond motifs is 1. The van der Waals surface area contributed by atoms with E-state index in [1.54, 1.807) is 24.3 Å². The third kappa shape index (κ3) is 4.42. The summed E-state index contributed by atoms with van der Waals surface area (Å²) in [6.07, 6.45) is 6.48. The smallest absolute Gasteiger partial charge is 0.254 e. The van der Waals surface area contributed by atoms with Crippen LogP contribution in [0.2, 0.25) is 0 Å². The monoisotopic (exact) mass is 465 g/mol. The molecule has 35 heavy (non-hydrogen) atoms. The number of benzene rings is 2. The van der Waals surface area contributed by atoms with Gasteiger partial charge in [-0.3, -0.25) is 14.8 Å². The van der Waals surface area contributed by atoms with E-state index in [-0.39, 0.29) is 11.7 Å². The van der Waals surface area contributed by atoms with Gasteiger partial charge in [0, 0.05) is 37.8 Å². The van der Waals surface area contributed by atoms with E-state index < -0.39 is 0 Å². The molecule has 1 saturated heterocycles. The molecule has 1 saturated carbocycles. The Bertz CT molecular complexity index is 1380. The van der Waals surface area contributed by atoms with E-state index in [2.05, 4.69) is 15.1 Å². The largest absolute Gasteiger partial charge is 0.508 e. The number of carbonyl (C=O) groups excluding carboxylic acids is 1. The van der Waals surface area contributed by atoms with Crippen LogP contribution in [0.3, 0.4) is 0 Å². The Hall–Kier alpha value is -3.97. The van der Waals surface area contributed by atoms with Gasteiger partial charge in [-0.2, -0.15) is 5.10 Å². The van der Waals surface area contributed by atoms with Crippen LogP contribution in [-0.4, -0.2) is 68.2 Å². The molecule has 176 valence electrons. The molecule has 4 aromatic rings. The fourth-order valence-electron chi connectivity index (χ4n) is 4.76. The Morgan fingerprint density at radius 2 is 1.71 bits per heavy atom.